The van der Waals surface area contributed by atoms with E-state index in [9.17, 15) is 9.00 Å². The molecule has 37 heavy (non-hydrogen) atoms. The van der Waals surface area contributed by atoms with Gasteiger partial charge in [0, 0.05) is 23.7 Å². The number of benzene rings is 2. The molecule has 3 aromatic rings. The van der Waals surface area contributed by atoms with E-state index in [0.29, 0.717) is 34.3 Å². The fourth-order valence-corrected chi connectivity index (χ4v) is 7.26. The minimum atomic E-state index is -3.22. The van der Waals surface area contributed by atoms with Crippen LogP contribution in [0, 0.1) is 19.7 Å². The molecular formula is C25H29ClFN5O4S. The molecule has 3 unspecified atom stereocenters. The maximum absolute atomic E-state index is 15.2. The number of aryl methyl sites for hydroxylation is 1. The number of fused-ring (bicyclic) bond motifs is 1. The number of H-pyrrole nitrogens is 1. The van der Waals surface area contributed by atoms with Crippen LogP contribution in [-0.4, -0.2) is 50.5 Å². The lowest BCUT2D eigenvalue weighted by Crippen LogP contribution is -2.52. The van der Waals surface area contributed by atoms with Crippen molar-refractivity contribution in [2.45, 2.75) is 49.8 Å². The lowest BCUT2D eigenvalue weighted by molar-refractivity contribution is 0.112. The van der Waals surface area contributed by atoms with E-state index in [1.54, 1.807) is 35.5 Å². The number of anilines is 1. The highest BCUT2D eigenvalue weighted by molar-refractivity contribution is 7.98. The zero-order valence-electron chi connectivity index (χ0n) is 20.6. The van der Waals surface area contributed by atoms with Gasteiger partial charge in [-0.15, -0.1) is 5.10 Å². The quantitative estimate of drug-likeness (QED) is 0.452. The number of halogens is 2. The maximum Gasteiger partial charge on any atom is 0.434 e. The van der Waals surface area contributed by atoms with Gasteiger partial charge >= 0.3 is 5.76 Å². The normalized spacial score (nSPS) is 23.7. The molecule has 2 aromatic carbocycles. The van der Waals surface area contributed by atoms with Gasteiger partial charge in [0.2, 0.25) is 5.89 Å². The standard InChI is InChI=1S/C25H29ClFN5O4S/c1-14-6-8-18(27)21(15(14)2)22(28)23(24-29-30-25(33)36-24)32-13-31(12-17-5-4-10-35-17)19-11-16(26)7-9-20(19)37(32,3)34/h6-9,11,17,22-23H,3-5,10,12-13,28H2,1-2H3,(H,30,33)/t17-,22?,23?,37?/m1/s1. The van der Waals surface area contributed by atoms with Crippen LogP contribution in [0.3, 0.4) is 0 Å². The largest absolute Gasteiger partial charge is 0.434 e. The summed E-state index contributed by atoms with van der Waals surface area (Å²) in [6.07, 6.45) is 1.81. The minimum absolute atomic E-state index is 0.0282. The molecule has 5 rings (SSSR count). The topological polar surface area (TPSA) is 118 Å². The third-order valence-corrected chi connectivity index (χ3v) is 9.53. The molecule has 2 aliphatic heterocycles. The molecule has 1 aromatic heterocycles. The molecule has 3 heterocycles. The average molecular weight is 550 g/mol. The number of nitrogens with one attached hydrogen (secondary N) is 1. The Morgan fingerprint density at radius 2 is 2.14 bits per heavy atom. The molecular weight excluding hydrogens is 521 g/mol. The van der Waals surface area contributed by atoms with E-state index in [4.69, 9.17) is 26.5 Å². The first-order chi connectivity index (χ1) is 17.6. The zero-order valence-corrected chi connectivity index (χ0v) is 22.2. The molecule has 0 amide bonds. The van der Waals surface area contributed by atoms with Crippen molar-refractivity contribution in [1.82, 2.24) is 14.5 Å². The molecule has 0 aliphatic carbocycles. The summed E-state index contributed by atoms with van der Waals surface area (Å²) in [4.78, 5) is 14.4. The molecule has 0 saturated carbocycles. The van der Waals surface area contributed by atoms with E-state index < -0.39 is 33.4 Å². The first-order valence-corrected chi connectivity index (χ1v) is 14.0. The molecule has 4 atom stereocenters. The van der Waals surface area contributed by atoms with Crippen LogP contribution in [0.5, 0.6) is 0 Å². The maximum atomic E-state index is 15.2. The number of rotatable bonds is 6. The lowest BCUT2D eigenvalue weighted by Gasteiger charge is -2.45. The molecule has 198 valence electrons. The van der Waals surface area contributed by atoms with Crippen molar-refractivity contribution >= 4 is 32.9 Å². The predicted molar refractivity (Wildman–Crippen MR) is 141 cm³/mol. The first-order valence-electron chi connectivity index (χ1n) is 11.9. The van der Waals surface area contributed by atoms with E-state index in [2.05, 4.69) is 16.1 Å². The van der Waals surface area contributed by atoms with Gasteiger partial charge in [0.15, 0.2) is 0 Å². The fraction of sp³-hybridized carbons (Fsp3) is 0.400. The number of hydrogen-bond donors (Lipinski definition) is 2. The van der Waals surface area contributed by atoms with Gasteiger partial charge in [-0.3, -0.25) is 0 Å². The zero-order chi connectivity index (χ0) is 26.5. The molecule has 0 bridgehead atoms. The summed E-state index contributed by atoms with van der Waals surface area (Å²) in [7, 11) is -3.22. The van der Waals surface area contributed by atoms with Gasteiger partial charge in [-0.2, -0.15) is 4.31 Å². The van der Waals surface area contributed by atoms with Gasteiger partial charge in [-0.25, -0.2) is 18.5 Å². The van der Waals surface area contributed by atoms with Gasteiger partial charge < -0.3 is 19.8 Å². The minimum Gasteiger partial charge on any atom is -0.391 e. The van der Waals surface area contributed by atoms with Gasteiger partial charge in [-0.1, -0.05) is 17.7 Å². The predicted octanol–water partition coefficient (Wildman–Crippen LogP) is 3.46. The lowest BCUT2D eigenvalue weighted by atomic mass is 9.92. The first kappa shape index (κ1) is 25.9. The molecule has 2 aliphatic rings. The van der Waals surface area contributed by atoms with E-state index in [0.717, 1.165) is 18.4 Å². The van der Waals surface area contributed by atoms with Crippen molar-refractivity contribution in [3.63, 3.8) is 0 Å². The van der Waals surface area contributed by atoms with Crippen LogP contribution in [0.4, 0.5) is 10.1 Å². The molecule has 1 saturated heterocycles. The molecule has 12 heteroatoms. The summed E-state index contributed by atoms with van der Waals surface area (Å²) in [5, 5.41) is 6.75. The monoisotopic (exact) mass is 549 g/mol. The number of nitrogens with two attached hydrogens (primary N) is 1. The van der Waals surface area contributed by atoms with Crippen LogP contribution < -0.4 is 16.4 Å². The second kappa shape index (κ2) is 9.88. The molecule has 0 spiro atoms. The van der Waals surface area contributed by atoms with Crippen molar-refractivity contribution in [2.75, 3.05) is 24.7 Å². The summed E-state index contributed by atoms with van der Waals surface area (Å²) in [6.45, 7) is 4.88. The van der Waals surface area contributed by atoms with Crippen molar-refractivity contribution in [3.05, 3.63) is 74.3 Å². The van der Waals surface area contributed by atoms with Gasteiger partial charge in [-0.05, 0) is 68.0 Å². The summed E-state index contributed by atoms with van der Waals surface area (Å²) in [5.74, 6) is 2.66. The van der Waals surface area contributed by atoms with Crippen LogP contribution >= 0.6 is 11.6 Å². The molecule has 0 radical (unpaired) electrons. The van der Waals surface area contributed by atoms with Gasteiger partial charge in [0.1, 0.15) is 11.9 Å². The Balaban J connectivity index is 1.67. The number of aromatic nitrogens is 2. The summed E-state index contributed by atoms with van der Waals surface area (Å²) < 4.78 is 42.4. The Labute approximate surface area is 219 Å². The van der Waals surface area contributed by atoms with Crippen LogP contribution in [0.15, 0.2) is 44.4 Å². The van der Waals surface area contributed by atoms with Gasteiger partial charge in [0.25, 0.3) is 0 Å². The fourth-order valence-electron chi connectivity index (χ4n) is 5.13. The van der Waals surface area contributed by atoms with E-state index >= 15 is 4.39 Å². The molecule has 1 fully saturated rings. The van der Waals surface area contributed by atoms with Crippen LogP contribution in [0.1, 0.15) is 47.5 Å². The highest BCUT2D eigenvalue weighted by Gasteiger charge is 2.43. The Bertz CT molecular complexity index is 1480. The Hall–Kier alpha value is -2.70. The Morgan fingerprint density at radius 1 is 1.35 bits per heavy atom. The van der Waals surface area contributed by atoms with Crippen molar-refractivity contribution in [1.29, 1.82) is 0 Å². The number of aromatic amines is 1. The van der Waals surface area contributed by atoms with E-state index in [1.807, 2.05) is 11.8 Å². The molecule has 9 nitrogen and oxygen atoms in total. The van der Waals surface area contributed by atoms with Crippen LogP contribution in [0.2, 0.25) is 5.02 Å². The third kappa shape index (κ3) is 4.70. The number of nitrogens with zero attached hydrogens (tertiary/aromatic N) is 3. The number of ether oxygens (including phenoxy) is 1. The third-order valence-electron chi connectivity index (χ3n) is 7.17. The van der Waals surface area contributed by atoms with Gasteiger partial charge in [0.05, 0.1) is 39.1 Å². The summed E-state index contributed by atoms with van der Waals surface area (Å²) in [6, 6.07) is 5.90. The van der Waals surface area contributed by atoms with Crippen LogP contribution in [0.25, 0.3) is 0 Å². The second-order valence-corrected chi connectivity index (χ2v) is 12.1. The Morgan fingerprint density at radius 3 is 2.81 bits per heavy atom. The SMILES string of the molecule is C=S1(=O)c2ccc(Cl)cc2N(C[C@H]2CCCO2)CN1C(c1n[nH]c(=O)o1)C(N)c1c(F)ccc(C)c1C. The highest BCUT2D eigenvalue weighted by Crippen LogP contribution is 2.43. The second-order valence-electron chi connectivity index (χ2n) is 9.49. The van der Waals surface area contributed by atoms with Crippen molar-refractivity contribution in [3.8, 4) is 0 Å². The van der Waals surface area contributed by atoms with E-state index in [1.165, 1.54) is 6.07 Å². The number of hydrogen-bond acceptors (Lipinski definition) is 7. The highest BCUT2D eigenvalue weighted by atomic mass is 35.5. The summed E-state index contributed by atoms with van der Waals surface area (Å²) in [5.41, 5.74) is 9.12. The summed E-state index contributed by atoms with van der Waals surface area (Å²) >= 11 is 6.32. The van der Waals surface area contributed by atoms with Crippen LogP contribution in [-0.2, 0) is 14.4 Å². The molecule has 3 N–H and O–H groups in total. The van der Waals surface area contributed by atoms with E-state index in [-0.39, 0.29) is 24.2 Å². The van der Waals surface area contributed by atoms with Crippen molar-refractivity contribution < 1.29 is 17.8 Å². The smallest absolute Gasteiger partial charge is 0.391 e. The Kier molecular flexibility index (Phi) is 6.92. The van der Waals surface area contributed by atoms with Crippen molar-refractivity contribution in [2.24, 2.45) is 5.73 Å². The average Bonchev–Trinajstić information content (AvgIpc) is 3.51.